The Hall–Kier alpha value is -0.310. The van der Waals surface area contributed by atoms with E-state index in [0.29, 0.717) is 30.8 Å². The van der Waals surface area contributed by atoms with E-state index in [1.807, 2.05) is 13.8 Å². The normalized spacial score (nSPS) is 24.3. The van der Waals surface area contributed by atoms with Crippen molar-refractivity contribution in [3.05, 3.63) is 0 Å². The van der Waals surface area contributed by atoms with Crippen LogP contribution in [0.25, 0.3) is 0 Å². The molecule has 8 heteroatoms. The van der Waals surface area contributed by atoms with Gasteiger partial charge in [-0.25, -0.2) is 0 Å². The van der Waals surface area contributed by atoms with Crippen LogP contribution in [0.5, 0.6) is 0 Å². The summed E-state index contributed by atoms with van der Waals surface area (Å²) in [6.07, 6.45) is 2.07. The van der Waals surface area contributed by atoms with E-state index in [9.17, 15) is 13.2 Å². The minimum Gasteiger partial charge on any atom is -0.341 e. The van der Waals surface area contributed by atoms with Gasteiger partial charge in [-0.05, 0) is 12.8 Å². The summed E-state index contributed by atoms with van der Waals surface area (Å²) >= 11 is 1.51. The van der Waals surface area contributed by atoms with Crippen LogP contribution in [0.2, 0.25) is 0 Å². The van der Waals surface area contributed by atoms with Crippen molar-refractivity contribution in [2.45, 2.75) is 38.8 Å². The molecule has 0 aromatic heterocycles. The number of amides is 1. The van der Waals surface area contributed by atoms with E-state index in [1.165, 1.54) is 20.4 Å². The summed E-state index contributed by atoms with van der Waals surface area (Å²) in [4.78, 5) is 14.2. The van der Waals surface area contributed by atoms with Gasteiger partial charge in [0.2, 0.25) is 5.91 Å². The van der Waals surface area contributed by atoms with Gasteiger partial charge in [0.05, 0.1) is 5.88 Å². The van der Waals surface area contributed by atoms with Crippen LogP contribution in [0.1, 0.15) is 26.7 Å². The van der Waals surface area contributed by atoms with Crippen molar-refractivity contribution < 1.29 is 13.2 Å². The fraction of sp³-hybridized carbons (Fsp3) is 0.917. The van der Waals surface area contributed by atoms with Gasteiger partial charge in [-0.1, -0.05) is 13.8 Å². The topological polar surface area (TPSA) is 60.9 Å². The van der Waals surface area contributed by atoms with Crippen molar-refractivity contribution in [1.29, 1.82) is 0 Å². The third-order valence-corrected chi connectivity index (χ3v) is 7.22. The van der Waals surface area contributed by atoms with Crippen LogP contribution >= 0.6 is 11.8 Å². The molecule has 1 aliphatic heterocycles. The zero-order chi connectivity index (χ0) is 14.9. The number of thioether (sulfide) groups is 1. The second kappa shape index (κ2) is 6.21. The molecule has 0 aromatic rings. The number of carbonyl (C=O) groups is 1. The zero-order valence-corrected chi connectivity index (χ0v) is 13.9. The SMILES string of the molecule is CCN(CC)S(=O)(=O)N1CSC[C@H]1C(=O)N(C)C1CC1. The molecule has 6 nitrogen and oxygen atoms in total. The van der Waals surface area contributed by atoms with Crippen molar-refractivity contribution in [3.63, 3.8) is 0 Å². The zero-order valence-electron chi connectivity index (χ0n) is 12.3. The number of carbonyl (C=O) groups excluding carboxylic acids is 1. The van der Waals surface area contributed by atoms with Crippen molar-refractivity contribution in [2.75, 3.05) is 31.8 Å². The molecule has 1 heterocycles. The Bertz CT molecular complexity index is 461. The molecule has 2 aliphatic rings. The van der Waals surface area contributed by atoms with Crippen molar-refractivity contribution in [1.82, 2.24) is 13.5 Å². The average molecular weight is 321 g/mol. The van der Waals surface area contributed by atoms with Gasteiger partial charge in [0.25, 0.3) is 10.2 Å². The van der Waals surface area contributed by atoms with E-state index in [-0.39, 0.29) is 5.91 Å². The number of likely N-dealkylation sites (N-methyl/N-ethyl adjacent to an activating group) is 1. The number of nitrogens with zero attached hydrogens (tertiary/aromatic N) is 3. The highest BCUT2D eigenvalue weighted by atomic mass is 32.2. The largest absolute Gasteiger partial charge is 0.341 e. The molecule has 2 rings (SSSR count). The van der Waals surface area contributed by atoms with Gasteiger partial charge in [0.1, 0.15) is 6.04 Å². The van der Waals surface area contributed by atoms with Crippen LogP contribution in [0.15, 0.2) is 0 Å². The summed E-state index contributed by atoms with van der Waals surface area (Å²) in [5.41, 5.74) is 0. The van der Waals surface area contributed by atoms with E-state index >= 15 is 0 Å². The van der Waals surface area contributed by atoms with Gasteiger partial charge in [0.15, 0.2) is 0 Å². The maximum Gasteiger partial charge on any atom is 0.283 e. The maximum absolute atomic E-state index is 12.6. The molecule has 0 radical (unpaired) electrons. The van der Waals surface area contributed by atoms with Gasteiger partial charge in [-0.2, -0.15) is 17.0 Å². The molecule has 2 fully saturated rings. The van der Waals surface area contributed by atoms with Crippen LogP contribution in [0.4, 0.5) is 0 Å². The molecule has 1 saturated heterocycles. The molecule has 0 spiro atoms. The van der Waals surface area contributed by atoms with E-state index < -0.39 is 16.3 Å². The molecule has 1 aliphatic carbocycles. The smallest absolute Gasteiger partial charge is 0.283 e. The highest BCUT2D eigenvalue weighted by molar-refractivity contribution is 8.00. The molecular weight excluding hydrogens is 298 g/mol. The first-order valence-corrected chi connectivity index (χ1v) is 9.60. The van der Waals surface area contributed by atoms with Crippen LogP contribution < -0.4 is 0 Å². The summed E-state index contributed by atoms with van der Waals surface area (Å²) in [5.74, 6) is 0.859. The minimum absolute atomic E-state index is 0.0618. The van der Waals surface area contributed by atoms with E-state index in [0.717, 1.165) is 12.8 Å². The van der Waals surface area contributed by atoms with Gasteiger partial charge < -0.3 is 4.90 Å². The lowest BCUT2D eigenvalue weighted by Gasteiger charge is -2.30. The predicted molar refractivity (Wildman–Crippen MR) is 80.6 cm³/mol. The second-order valence-electron chi connectivity index (χ2n) is 5.18. The molecule has 1 amide bonds. The standard InChI is InChI=1S/C12H23N3O3S2/c1-4-14(5-2)20(17,18)15-9-19-8-11(15)12(16)13(3)10-6-7-10/h10-11H,4-9H2,1-3H3/t11-/m0/s1. The Balaban J connectivity index is 2.16. The molecule has 0 N–H and O–H groups in total. The first-order valence-electron chi connectivity index (χ1n) is 7.04. The third-order valence-electron chi connectivity index (χ3n) is 3.90. The molecule has 116 valence electrons. The Morgan fingerprint density at radius 1 is 1.30 bits per heavy atom. The van der Waals surface area contributed by atoms with Crippen molar-refractivity contribution >= 4 is 27.9 Å². The summed E-state index contributed by atoms with van der Waals surface area (Å²) in [5, 5.41) is 0. The van der Waals surface area contributed by atoms with E-state index in [2.05, 4.69) is 0 Å². The van der Waals surface area contributed by atoms with Gasteiger partial charge in [-0.3, -0.25) is 4.79 Å². The molecule has 0 unspecified atom stereocenters. The quantitative estimate of drug-likeness (QED) is 0.717. The van der Waals surface area contributed by atoms with Crippen molar-refractivity contribution in [2.24, 2.45) is 0 Å². The van der Waals surface area contributed by atoms with Gasteiger partial charge >= 0.3 is 0 Å². The van der Waals surface area contributed by atoms with Crippen LogP contribution in [0.3, 0.4) is 0 Å². The summed E-state index contributed by atoms with van der Waals surface area (Å²) in [7, 11) is -1.75. The third kappa shape index (κ3) is 2.98. The first-order chi connectivity index (χ1) is 9.43. The predicted octanol–water partition coefficient (Wildman–Crippen LogP) is 0.569. The maximum atomic E-state index is 12.6. The van der Waals surface area contributed by atoms with Gasteiger partial charge in [-0.15, -0.1) is 11.8 Å². The minimum atomic E-state index is -3.54. The summed E-state index contributed by atoms with van der Waals surface area (Å²) in [6, 6.07) is -0.234. The number of hydrogen-bond donors (Lipinski definition) is 0. The fourth-order valence-electron chi connectivity index (χ4n) is 2.42. The molecular formula is C12H23N3O3S2. The van der Waals surface area contributed by atoms with E-state index in [4.69, 9.17) is 0 Å². The number of rotatable bonds is 6. The van der Waals surface area contributed by atoms with Crippen molar-refractivity contribution in [3.8, 4) is 0 Å². The van der Waals surface area contributed by atoms with Gasteiger partial charge in [0, 0.05) is 31.9 Å². The lowest BCUT2D eigenvalue weighted by Crippen LogP contribution is -2.52. The van der Waals surface area contributed by atoms with Crippen LogP contribution in [0, 0.1) is 0 Å². The second-order valence-corrected chi connectivity index (χ2v) is 8.06. The van der Waals surface area contributed by atoms with Crippen LogP contribution in [-0.4, -0.2) is 71.7 Å². The highest BCUT2D eigenvalue weighted by Crippen LogP contribution is 2.31. The number of hydrogen-bond acceptors (Lipinski definition) is 4. The summed E-state index contributed by atoms with van der Waals surface area (Å²) in [6.45, 7) is 4.49. The molecule has 1 atom stereocenters. The Kier molecular flexibility index (Phi) is 4.99. The fourth-order valence-corrected chi connectivity index (χ4v) is 5.72. The molecule has 0 aromatic carbocycles. The Morgan fingerprint density at radius 2 is 1.90 bits per heavy atom. The lowest BCUT2D eigenvalue weighted by molar-refractivity contribution is -0.133. The molecule has 0 bridgehead atoms. The highest BCUT2D eigenvalue weighted by Gasteiger charge is 2.44. The lowest BCUT2D eigenvalue weighted by atomic mass is 10.3. The first kappa shape index (κ1) is 16.1. The average Bonchev–Trinajstić information content (AvgIpc) is 3.14. The van der Waals surface area contributed by atoms with Crippen LogP contribution in [-0.2, 0) is 15.0 Å². The summed E-state index contributed by atoms with van der Waals surface area (Å²) < 4.78 is 28.0. The monoisotopic (exact) mass is 321 g/mol. The molecule has 1 saturated carbocycles. The van der Waals surface area contributed by atoms with E-state index in [1.54, 1.807) is 11.9 Å². The Morgan fingerprint density at radius 3 is 2.40 bits per heavy atom. The Labute approximate surface area is 125 Å². The molecule has 20 heavy (non-hydrogen) atoms.